The number of aromatic nitrogens is 1. The highest BCUT2D eigenvalue weighted by Gasteiger charge is 2.16. The predicted molar refractivity (Wildman–Crippen MR) is 67.5 cm³/mol. The van der Waals surface area contributed by atoms with Gasteiger partial charge in [-0.05, 0) is 38.1 Å². The smallest absolute Gasteiger partial charge is 0.123 e. The average molecular weight is 251 g/mol. The van der Waals surface area contributed by atoms with Gasteiger partial charge < -0.3 is 5.11 Å². The van der Waals surface area contributed by atoms with Crippen LogP contribution in [0.5, 0.6) is 0 Å². The number of thiazole rings is 1. The molecule has 0 unspecified atom stereocenters. The molecule has 0 spiro atoms. The van der Waals surface area contributed by atoms with E-state index >= 15 is 0 Å². The number of aliphatic hydroxyl groups is 1. The van der Waals surface area contributed by atoms with E-state index in [1.54, 1.807) is 26.0 Å². The highest BCUT2D eigenvalue weighted by molar-refractivity contribution is 7.09. The zero-order chi connectivity index (χ0) is 12.5. The Morgan fingerprint density at radius 3 is 2.53 bits per heavy atom. The fraction of sp³-hybridized carbons (Fsp3) is 0.308. The molecule has 0 bridgehead atoms. The van der Waals surface area contributed by atoms with Crippen molar-refractivity contribution in [2.75, 3.05) is 0 Å². The van der Waals surface area contributed by atoms with Crippen LogP contribution in [-0.2, 0) is 6.42 Å². The maximum Gasteiger partial charge on any atom is 0.123 e. The number of halogens is 1. The first kappa shape index (κ1) is 12.2. The molecular weight excluding hydrogens is 237 g/mol. The Morgan fingerprint density at radius 1 is 1.29 bits per heavy atom. The Hall–Kier alpha value is -1.26. The number of benzene rings is 1. The van der Waals surface area contributed by atoms with Gasteiger partial charge in [-0.3, -0.25) is 0 Å². The van der Waals surface area contributed by atoms with Gasteiger partial charge in [0, 0.05) is 17.4 Å². The molecule has 2 nitrogen and oxygen atoms in total. The molecule has 1 N–H and O–H groups in total. The van der Waals surface area contributed by atoms with E-state index in [2.05, 4.69) is 4.98 Å². The second-order valence-electron chi connectivity index (χ2n) is 4.62. The Kier molecular flexibility index (Phi) is 3.26. The molecule has 0 radical (unpaired) electrons. The maximum absolute atomic E-state index is 12.8. The molecule has 0 aliphatic heterocycles. The third-order valence-corrected chi connectivity index (χ3v) is 3.12. The lowest BCUT2D eigenvalue weighted by molar-refractivity contribution is 0.0809. The van der Waals surface area contributed by atoms with Crippen LogP contribution in [0.25, 0.3) is 11.3 Å². The molecule has 0 atom stereocenters. The number of hydrogen-bond donors (Lipinski definition) is 1. The van der Waals surface area contributed by atoms with Gasteiger partial charge in [0.2, 0.25) is 0 Å². The lowest BCUT2D eigenvalue weighted by atomic mass is 10.1. The van der Waals surface area contributed by atoms with E-state index in [1.807, 2.05) is 5.38 Å². The summed E-state index contributed by atoms with van der Waals surface area (Å²) in [6.45, 7) is 3.51. The van der Waals surface area contributed by atoms with Crippen molar-refractivity contribution in [3.63, 3.8) is 0 Å². The first-order chi connectivity index (χ1) is 7.94. The van der Waals surface area contributed by atoms with E-state index in [-0.39, 0.29) is 5.82 Å². The van der Waals surface area contributed by atoms with Crippen molar-refractivity contribution < 1.29 is 9.50 Å². The topological polar surface area (TPSA) is 33.1 Å². The van der Waals surface area contributed by atoms with E-state index in [4.69, 9.17) is 0 Å². The van der Waals surface area contributed by atoms with Gasteiger partial charge in [-0.2, -0.15) is 0 Å². The van der Waals surface area contributed by atoms with Crippen molar-refractivity contribution >= 4 is 11.3 Å². The highest BCUT2D eigenvalue weighted by Crippen LogP contribution is 2.24. The van der Waals surface area contributed by atoms with Crippen molar-refractivity contribution in [2.45, 2.75) is 25.9 Å². The Bertz CT molecular complexity index is 499. The van der Waals surface area contributed by atoms with Gasteiger partial charge in [-0.25, -0.2) is 9.37 Å². The standard InChI is InChI=1S/C13H14FNOS/c1-13(2,16)7-12-15-11(8-17-12)9-3-5-10(14)6-4-9/h3-6,8,16H,7H2,1-2H3. The minimum atomic E-state index is -0.752. The average Bonchev–Trinajstić information content (AvgIpc) is 2.64. The van der Waals surface area contributed by atoms with E-state index in [1.165, 1.54) is 23.5 Å². The quantitative estimate of drug-likeness (QED) is 0.908. The summed E-state index contributed by atoms with van der Waals surface area (Å²) in [7, 11) is 0. The third-order valence-electron chi connectivity index (χ3n) is 2.28. The molecule has 0 aliphatic carbocycles. The van der Waals surface area contributed by atoms with E-state index in [0.717, 1.165) is 16.3 Å². The molecule has 0 amide bonds. The second-order valence-corrected chi connectivity index (χ2v) is 5.57. The molecule has 0 saturated heterocycles. The summed E-state index contributed by atoms with van der Waals surface area (Å²) in [6.07, 6.45) is 0.527. The van der Waals surface area contributed by atoms with Gasteiger partial charge in [0.25, 0.3) is 0 Å². The lowest BCUT2D eigenvalue weighted by Gasteiger charge is -2.14. The molecule has 17 heavy (non-hydrogen) atoms. The van der Waals surface area contributed by atoms with Crippen molar-refractivity contribution in [2.24, 2.45) is 0 Å². The monoisotopic (exact) mass is 251 g/mol. The molecular formula is C13H14FNOS. The van der Waals surface area contributed by atoms with Crippen LogP contribution >= 0.6 is 11.3 Å². The van der Waals surface area contributed by atoms with E-state index < -0.39 is 5.60 Å². The van der Waals surface area contributed by atoms with Gasteiger partial charge >= 0.3 is 0 Å². The van der Waals surface area contributed by atoms with Crippen molar-refractivity contribution in [3.8, 4) is 11.3 Å². The Labute approximate surface area is 104 Å². The van der Waals surface area contributed by atoms with Gasteiger partial charge in [-0.1, -0.05) is 0 Å². The van der Waals surface area contributed by atoms with Crippen molar-refractivity contribution in [3.05, 3.63) is 40.5 Å². The van der Waals surface area contributed by atoms with Gasteiger partial charge in [0.15, 0.2) is 0 Å². The van der Waals surface area contributed by atoms with Gasteiger partial charge in [-0.15, -0.1) is 11.3 Å². The van der Waals surface area contributed by atoms with Crippen LogP contribution < -0.4 is 0 Å². The van der Waals surface area contributed by atoms with Crippen LogP contribution in [0.1, 0.15) is 18.9 Å². The molecule has 0 saturated carbocycles. The second kappa shape index (κ2) is 4.55. The number of hydrogen-bond acceptors (Lipinski definition) is 3. The summed E-state index contributed by atoms with van der Waals surface area (Å²) >= 11 is 1.51. The van der Waals surface area contributed by atoms with E-state index in [9.17, 15) is 9.50 Å². The molecule has 2 aromatic rings. The fourth-order valence-electron chi connectivity index (χ4n) is 1.52. The fourth-order valence-corrected chi connectivity index (χ4v) is 2.54. The SMILES string of the molecule is CC(C)(O)Cc1nc(-c2ccc(F)cc2)cs1. The normalized spacial score (nSPS) is 11.8. The zero-order valence-corrected chi connectivity index (χ0v) is 10.6. The van der Waals surface area contributed by atoms with Crippen LogP contribution in [0.2, 0.25) is 0 Å². The minimum Gasteiger partial charge on any atom is -0.390 e. The molecule has 0 aliphatic rings. The molecule has 0 fully saturated rings. The summed E-state index contributed by atoms with van der Waals surface area (Å²) in [5.41, 5.74) is 0.969. The van der Waals surface area contributed by atoms with E-state index in [0.29, 0.717) is 6.42 Å². The summed E-state index contributed by atoms with van der Waals surface area (Å²) in [5.74, 6) is -0.249. The zero-order valence-electron chi connectivity index (χ0n) is 9.77. The minimum absolute atomic E-state index is 0.249. The molecule has 4 heteroatoms. The summed E-state index contributed by atoms with van der Waals surface area (Å²) < 4.78 is 12.8. The predicted octanol–water partition coefficient (Wildman–Crippen LogP) is 3.26. The molecule has 1 aromatic heterocycles. The first-order valence-electron chi connectivity index (χ1n) is 5.37. The van der Waals surface area contributed by atoms with Crippen LogP contribution in [0.4, 0.5) is 4.39 Å². The molecule has 2 rings (SSSR count). The maximum atomic E-state index is 12.8. The first-order valence-corrected chi connectivity index (χ1v) is 6.25. The Morgan fingerprint density at radius 2 is 1.94 bits per heavy atom. The molecule has 1 heterocycles. The van der Waals surface area contributed by atoms with Crippen molar-refractivity contribution in [1.29, 1.82) is 0 Å². The summed E-state index contributed by atoms with van der Waals surface area (Å²) in [4.78, 5) is 4.43. The Balaban J connectivity index is 2.21. The van der Waals surface area contributed by atoms with Crippen LogP contribution in [0, 0.1) is 5.82 Å². The van der Waals surface area contributed by atoms with Gasteiger partial charge in [0.1, 0.15) is 5.82 Å². The number of nitrogens with zero attached hydrogens (tertiary/aromatic N) is 1. The molecule has 90 valence electrons. The lowest BCUT2D eigenvalue weighted by Crippen LogP contribution is -2.21. The summed E-state index contributed by atoms with van der Waals surface area (Å²) in [6, 6.07) is 6.26. The molecule has 1 aromatic carbocycles. The highest BCUT2D eigenvalue weighted by atomic mass is 32.1. The largest absolute Gasteiger partial charge is 0.390 e. The van der Waals surface area contributed by atoms with Crippen LogP contribution in [-0.4, -0.2) is 15.7 Å². The van der Waals surface area contributed by atoms with Crippen molar-refractivity contribution in [1.82, 2.24) is 4.98 Å². The van der Waals surface area contributed by atoms with Gasteiger partial charge in [0.05, 0.1) is 16.3 Å². The third kappa shape index (κ3) is 3.35. The number of rotatable bonds is 3. The summed E-state index contributed by atoms with van der Waals surface area (Å²) in [5, 5.41) is 12.5. The van der Waals surface area contributed by atoms with Crippen LogP contribution in [0.15, 0.2) is 29.6 Å². The van der Waals surface area contributed by atoms with Crippen LogP contribution in [0.3, 0.4) is 0 Å².